The molecule has 0 bridgehead atoms. The van der Waals surface area contributed by atoms with Gasteiger partial charge in [0.05, 0.1) is 7.11 Å². The molecule has 0 spiro atoms. The van der Waals surface area contributed by atoms with Crippen molar-refractivity contribution < 1.29 is 19.0 Å². The fourth-order valence-corrected chi connectivity index (χ4v) is 3.30. The predicted molar refractivity (Wildman–Crippen MR) is 100.0 cm³/mol. The van der Waals surface area contributed by atoms with Crippen molar-refractivity contribution >= 4 is 17.5 Å². The average Bonchev–Trinajstić information content (AvgIpc) is 2.65. The highest BCUT2D eigenvalue weighted by molar-refractivity contribution is 6.31. The number of methoxy groups -OCH3 is 1. The molecule has 0 saturated carbocycles. The lowest BCUT2D eigenvalue weighted by atomic mass is 9.91. The lowest BCUT2D eigenvalue weighted by molar-refractivity contribution is -0.130. The molecule has 2 rings (SSSR count). The number of rotatable bonds is 8. The van der Waals surface area contributed by atoms with E-state index in [4.69, 9.17) is 16.3 Å². The summed E-state index contributed by atoms with van der Waals surface area (Å²) in [4.78, 5) is 14.2. The number of benzene rings is 2. The van der Waals surface area contributed by atoms with Crippen LogP contribution in [0.2, 0.25) is 0 Å². The molecule has 1 N–H and O–H groups in total. The number of amides is 1. The number of nitrogens with zero attached hydrogens (tertiary/aromatic N) is 1. The molecule has 0 aromatic heterocycles. The van der Waals surface area contributed by atoms with Crippen LogP contribution in [0.25, 0.3) is 0 Å². The van der Waals surface area contributed by atoms with Gasteiger partial charge in [-0.3, -0.25) is 4.79 Å². The largest absolute Gasteiger partial charge is 0.494 e. The van der Waals surface area contributed by atoms with Crippen molar-refractivity contribution in [3.05, 3.63) is 65.5 Å². The zero-order chi connectivity index (χ0) is 19.1. The first-order valence-corrected chi connectivity index (χ1v) is 8.78. The lowest BCUT2D eigenvalue weighted by Gasteiger charge is -2.26. The second-order valence-corrected chi connectivity index (χ2v) is 6.56. The maximum atomic E-state index is 13.8. The third kappa shape index (κ3) is 4.96. The van der Waals surface area contributed by atoms with Crippen LogP contribution in [0.15, 0.2) is 48.5 Å². The third-order valence-electron chi connectivity index (χ3n) is 4.27. The van der Waals surface area contributed by atoms with Gasteiger partial charge in [0.2, 0.25) is 5.91 Å². The van der Waals surface area contributed by atoms with Gasteiger partial charge in [0.1, 0.15) is 5.38 Å². The van der Waals surface area contributed by atoms with Crippen molar-refractivity contribution in [2.45, 2.75) is 24.3 Å². The molecule has 0 fully saturated rings. The summed E-state index contributed by atoms with van der Waals surface area (Å²) in [6.07, 6.45) is 0.384. The number of carbonyl (C=O) groups is 1. The first-order valence-electron chi connectivity index (χ1n) is 8.35. The molecule has 0 aliphatic carbocycles. The Hall–Kier alpha value is -2.11. The van der Waals surface area contributed by atoms with E-state index in [1.165, 1.54) is 24.1 Å². The minimum Gasteiger partial charge on any atom is -0.494 e. The number of aliphatic hydroxyl groups is 1. The highest BCUT2D eigenvalue weighted by Crippen LogP contribution is 2.29. The minimum absolute atomic E-state index is 0.0660. The molecule has 2 aromatic rings. The molecule has 26 heavy (non-hydrogen) atoms. The molecule has 2 atom stereocenters. The molecule has 4 nitrogen and oxygen atoms in total. The summed E-state index contributed by atoms with van der Waals surface area (Å²) in [5, 5.41) is 8.52. The van der Waals surface area contributed by atoms with Gasteiger partial charge in [-0.15, -0.1) is 11.6 Å². The van der Waals surface area contributed by atoms with Crippen LogP contribution in [-0.2, 0) is 11.3 Å². The number of hydrogen-bond donors (Lipinski definition) is 1. The molecule has 2 aromatic carbocycles. The number of carbonyl (C=O) groups excluding carboxylic acids is 1. The zero-order valence-electron chi connectivity index (χ0n) is 14.9. The highest BCUT2D eigenvalue weighted by atomic mass is 35.5. The molecule has 0 heterocycles. The molecule has 1 amide bonds. The van der Waals surface area contributed by atoms with E-state index in [2.05, 4.69) is 0 Å². The standard InChI is InChI=1S/C20H23ClFNO3/c1-23(13-14-8-9-18(26-2)17(22)12-14)20(25)19(21)16(10-11-24)15-6-4-3-5-7-15/h3-9,12,16,19,24H,10-11,13H2,1-2H3. The second-order valence-electron chi connectivity index (χ2n) is 6.09. The maximum absolute atomic E-state index is 13.8. The topological polar surface area (TPSA) is 49.8 Å². The maximum Gasteiger partial charge on any atom is 0.241 e. The Labute approximate surface area is 158 Å². The quantitative estimate of drug-likeness (QED) is 0.713. The molecule has 2 unspecified atom stereocenters. The normalized spacial score (nSPS) is 13.1. The van der Waals surface area contributed by atoms with E-state index in [-0.39, 0.29) is 30.7 Å². The van der Waals surface area contributed by atoms with Crippen LogP contribution in [0.5, 0.6) is 5.75 Å². The van der Waals surface area contributed by atoms with Crippen LogP contribution in [0, 0.1) is 5.82 Å². The SMILES string of the molecule is COc1ccc(CN(C)C(=O)C(Cl)C(CCO)c2ccccc2)cc1F. The van der Waals surface area contributed by atoms with Gasteiger partial charge in [0, 0.05) is 26.1 Å². The van der Waals surface area contributed by atoms with E-state index in [1.807, 2.05) is 30.3 Å². The number of halogens is 2. The van der Waals surface area contributed by atoms with Crippen molar-refractivity contribution in [3.63, 3.8) is 0 Å². The molecular weight excluding hydrogens is 357 g/mol. The molecule has 0 saturated heterocycles. The molecule has 6 heteroatoms. The predicted octanol–water partition coefficient (Wildman–Crippen LogP) is 3.57. The van der Waals surface area contributed by atoms with Crippen LogP contribution >= 0.6 is 11.6 Å². The smallest absolute Gasteiger partial charge is 0.241 e. The fraction of sp³-hybridized carbons (Fsp3) is 0.350. The van der Waals surface area contributed by atoms with Crippen molar-refractivity contribution in [1.29, 1.82) is 0 Å². The molecule has 0 radical (unpaired) electrons. The first-order chi connectivity index (χ1) is 12.5. The fourth-order valence-electron chi connectivity index (χ4n) is 2.86. The molecule has 140 valence electrons. The van der Waals surface area contributed by atoms with Gasteiger partial charge in [-0.1, -0.05) is 36.4 Å². The Kier molecular flexibility index (Phi) is 7.42. The van der Waals surface area contributed by atoms with E-state index >= 15 is 0 Å². The van der Waals surface area contributed by atoms with Crippen LogP contribution in [0.3, 0.4) is 0 Å². The van der Waals surface area contributed by atoms with Crippen molar-refractivity contribution in [3.8, 4) is 5.75 Å². The monoisotopic (exact) mass is 379 g/mol. The van der Waals surface area contributed by atoms with Gasteiger partial charge in [0.15, 0.2) is 11.6 Å². The summed E-state index contributed by atoms with van der Waals surface area (Å²) in [5.74, 6) is -0.892. The number of ether oxygens (including phenoxy) is 1. The van der Waals surface area contributed by atoms with Gasteiger partial charge in [-0.2, -0.15) is 0 Å². The Morgan fingerprint density at radius 2 is 1.96 bits per heavy atom. The van der Waals surface area contributed by atoms with Crippen molar-refractivity contribution in [1.82, 2.24) is 4.90 Å². The Morgan fingerprint density at radius 3 is 2.54 bits per heavy atom. The molecule has 0 aliphatic rings. The number of hydrogen-bond acceptors (Lipinski definition) is 3. The van der Waals surface area contributed by atoms with E-state index in [9.17, 15) is 14.3 Å². The average molecular weight is 380 g/mol. The summed E-state index contributed by atoms with van der Waals surface area (Å²) < 4.78 is 18.7. The van der Waals surface area contributed by atoms with E-state index < -0.39 is 11.2 Å². The van der Waals surface area contributed by atoms with Crippen LogP contribution < -0.4 is 4.74 Å². The van der Waals surface area contributed by atoms with Gasteiger partial charge >= 0.3 is 0 Å². The lowest BCUT2D eigenvalue weighted by Crippen LogP contribution is -2.36. The number of aliphatic hydroxyl groups excluding tert-OH is 1. The minimum atomic E-state index is -0.822. The van der Waals surface area contributed by atoms with E-state index in [0.717, 1.165) is 5.56 Å². The Morgan fingerprint density at radius 1 is 1.27 bits per heavy atom. The van der Waals surface area contributed by atoms with E-state index in [0.29, 0.717) is 12.0 Å². The molecular formula is C20H23ClFNO3. The Balaban J connectivity index is 2.11. The summed E-state index contributed by atoms with van der Waals surface area (Å²) in [6, 6.07) is 14.0. The third-order valence-corrected chi connectivity index (χ3v) is 4.76. The van der Waals surface area contributed by atoms with Gasteiger partial charge in [0.25, 0.3) is 0 Å². The summed E-state index contributed by atoms with van der Waals surface area (Å²) in [6.45, 7) is 0.160. The molecule has 0 aliphatic heterocycles. The van der Waals surface area contributed by atoms with E-state index in [1.54, 1.807) is 13.1 Å². The summed E-state index contributed by atoms with van der Waals surface area (Å²) in [7, 11) is 3.03. The highest BCUT2D eigenvalue weighted by Gasteiger charge is 2.29. The van der Waals surface area contributed by atoms with Gasteiger partial charge in [-0.05, 0) is 29.7 Å². The first kappa shape index (κ1) is 20.2. The van der Waals surface area contributed by atoms with Crippen molar-refractivity contribution in [2.75, 3.05) is 20.8 Å². The Bertz CT molecular complexity index is 726. The number of alkyl halides is 1. The van der Waals surface area contributed by atoms with Crippen molar-refractivity contribution in [2.24, 2.45) is 0 Å². The van der Waals surface area contributed by atoms with Crippen LogP contribution in [-0.4, -0.2) is 42.1 Å². The van der Waals surface area contributed by atoms with Crippen LogP contribution in [0.1, 0.15) is 23.5 Å². The van der Waals surface area contributed by atoms with Gasteiger partial charge < -0.3 is 14.7 Å². The zero-order valence-corrected chi connectivity index (χ0v) is 15.6. The summed E-state index contributed by atoms with van der Waals surface area (Å²) in [5.41, 5.74) is 1.54. The van der Waals surface area contributed by atoms with Crippen LogP contribution in [0.4, 0.5) is 4.39 Å². The van der Waals surface area contributed by atoms with Gasteiger partial charge in [-0.25, -0.2) is 4.39 Å². The summed E-state index contributed by atoms with van der Waals surface area (Å²) >= 11 is 6.45. The second kappa shape index (κ2) is 9.55.